The second-order valence-corrected chi connectivity index (χ2v) is 4.78. The summed E-state index contributed by atoms with van der Waals surface area (Å²) < 4.78 is 0. The number of nitrogens with one attached hydrogen (secondary N) is 3. The number of carboxylic acid groups (broad SMARTS) is 2. The van der Waals surface area contributed by atoms with Gasteiger partial charge in [-0.05, 0) is 24.3 Å². The van der Waals surface area contributed by atoms with Crippen LogP contribution in [-0.4, -0.2) is 34.2 Å². The van der Waals surface area contributed by atoms with Gasteiger partial charge in [0.25, 0.3) is 0 Å². The monoisotopic (exact) mass is 315 g/mol. The van der Waals surface area contributed by atoms with Crippen LogP contribution >= 0.6 is 0 Å². The van der Waals surface area contributed by atoms with Gasteiger partial charge in [0, 0.05) is 11.4 Å². The van der Waals surface area contributed by atoms with Gasteiger partial charge in [-0.2, -0.15) is 0 Å². The van der Waals surface area contributed by atoms with Crippen LogP contribution in [0.1, 0.15) is 0 Å². The maximum atomic E-state index is 11.5. The molecule has 0 spiro atoms. The number of carbonyl (C=O) groups is 2. The molecule has 0 aliphatic rings. The predicted molar refractivity (Wildman–Crippen MR) is 86.1 cm³/mol. The van der Waals surface area contributed by atoms with Crippen LogP contribution in [0.2, 0.25) is 0 Å². The Kier molecular flexibility index (Phi) is 5.54. The minimum absolute atomic E-state index is 0.521. The van der Waals surface area contributed by atoms with E-state index >= 15 is 0 Å². The standard InChI is InChI=1S/C16H17N3O4/c20-15(21)13(17-11-7-3-1-4-8-11)14(16(22)23)19-18-12-9-5-2-6-10-12/h1-10,13-14,17-19H,(H,20,21)(H,22,23). The van der Waals surface area contributed by atoms with Crippen molar-refractivity contribution in [3.63, 3.8) is 0 Å². The number of benzene rings is 2. The van der Waals surface area contributed by atoms with E-state index in [1.54, 1.807) is 54.6 Å². The normalized spacial score (nSPS) is 12.9. The fraction of sp³-hybridized carbons (Fsp3) is 0.125. The van der Waals surface area contributed by atoms with Gasteiger partial charge in [0.2, 0.25) is 0 Å². The molecule has 2 aromatic carbocycles. The summed E-state index contributed by atoms with van der Waals surface area (Å²) in [5.74, 6) is -2.56. The Labute approximate surface area is 132 Å². The molecule has 2 unspecified atom stereocenters. The molecule has 2 aromatic rings. The summed E-state index contributed by atoms with van der Waals surface area (Å²) in [6, 6.07) is 14.7. The van der Waals surface area contributed by atoms with E-state index in [0.29, 0.717) is 11.4 Å². The molecule has 0 aliphatic heterocycles. The van der Waals surface area contributed by atoms with Crippen molar-refractivity contribution in [2.75, 3.05) is 10.7 Å². The van der Waals surface area contributed by atoms with E-state index in [2.05, 4.69) is 16.2 Å². The minimum Gasteiger partial charge on any atom is -0.480 e. The van der Waals surface area contributed by atoms with E-state index in [9.17, 15) is 19.8 Å². The smallest absolute Gasteiger partial charge is 0.328 e. The van der Waals surface area contributed by atoms with Crippen LogP contribution in [0.5, 0.6) is 0 Å². The molecule has 2 rings (SSSR count). The summed E-state index contributed by atoms with van der Waals surface area (Å²) >= 11 is 0. The molecular weight excluding hydrogens is 298 g/mol. The average molecular weight is 315 g/mol. The first-order chi connectivity index (χ1) is 11.1. The molecule has 0 aliphatic carbocycles. The Hall–Kier alpha value is -3.06. The molecule has 7 heteroatoms. The number of para-hydroxylation sites is 2. The molecule has 0 amide bonds. The number of aliphatic carboxylic acids is 2. The zero-order valence-electron chi connectivity index (χ0n) is 12.1. The fourth-order valence-corrected chi connectivity index (χ4v) is 1.97. The van der Waals surface area contributed by atoms with Gasteiger partial charge in [-0.1, -0.05) is 36.4 Å². The fourth-order valence-electron chi connectivity index (χ4n) is 1.97. The Morgan fingerprint density at radius 1 is 0.739 bits per heavy atom. The van der Waals surface area contributed by atoms with Gasteiger partial charge in [0.1, 0.15) is 0 Å². The second-order valence-electron chi connectivity index (χ2n) is 4.78. The highest BCUT2D eigenvalue weighted by molar-refractivity contribution is 5.87. The van der Waals surface area contributed by atoms with Crippen molar-refractivity contribution in [3.8, 4) is 0 Å². The van der Waals surface area contributed by atoms with Crippen LogP contribution < -0.4 is 16.2 Å². The maximum Gasteiger partial charge on any atom is 0.328 e. The van der Waals surface area contributed by atoms with Crippen molar-refractivity contribution in [1.82, 2.24) is 5.43 Å². The topological polar surface area (TPSA) is 111 Å². The molecule has 0 fully saturated rings. The summed E-state index contributed by atoms with van der Waals surface area (Å²) in [5, 5.41) is 21.4. The van der Waals surface area contributed by atoms with Gasteiger partial charge in [-0.3, -0.25) is 4.79 Å². The predicted octanol–water partition coefficient (Wildman–Crippen LogP) is 1.62. The number of rotatable bonds is 8. The Morgan fingerprint density at radius 2 is 1.22 bits per heavy atom. The highest BCUT2D eigenvalue weighted by Gasteiger charge is 2.33. The third-order valence-corrected chi connectivity index (χ3v) is 3.11. The number of hydrogen-bond donors (Lipinski definition) is 5. The van der Waals surface area contributed by atoms with Gasteiger partial charge in [-0.15, -0.1) is 0 Å². The van der Waals surface area contributed by atoms with Crippen molar-refractivity contribution in [2.24, 2.45) is 0 Å². The molecule has 5 N–H and O–H groups in total. The molecule has 0 aromatic heterocycles. The van der Waals surface area contributed by atoms with E-state index in [4.69, 9.17) is 0 Å². The van der Waals surface area contributed by atoms with Crippen LogP contribution in [-0.2, 0) is 9.59 Å². The largest absolute Gasteiger partial charge is 0.480 e. The first kappa shape index (κ1) is 16.3. The lowest BCUT2D eigenvalue weighted by molar-refractivity contribution is -0.146. The summed E-state index contributed by atoms with van der Waals surface area (Å²) in [6.45, 7) is 0. The highest BCUT2D eigenvalue weighted by Crippen LogP contribution is 2.11. The van der Waals surface area contributed by atoms with E-state index in [1.807, 2.05) is 6.07 Å². The van der Waals surface area contributed by atoms with Crippen LogP contribution in [0.15, 0.2) is 60.7 Å². The van der Waals surface area contributed by atoms with Crippen LogP contribution in [0.4, 0.5) is 11.4 Å². The molecule has 0 heterocycles. The number of hydrazine groups is 1. The Balaban J connectivity index is 2.11. The average Bonchev–Trinajstić information content (AvgIpc) is 2.55. The summed E-state index contributed by atoms with van der Waals surface area (Å²) in [7, 11) is 0. The van der Waals surface area contributed by atoms with E-state index < -0.39 is 24.0 Å². The quantitative estimate of drug-likeness (QED) is 0.471. The number of hydrogen-bond acceptors (Lipinski definition) is 5. The molecule has 7 nitrogen and oxygen atoms in total. The van der Waals surface area contributed by atoms with Crippen molar-refractivity contribution in [1.29, 1.82) is 0 Å². The molecule has 120 valence electrons. The zero-order chi connectivity index (χ0) is 16.7. The van der Waals surface area contributed by atoms with Crippen molar-refractivity contribution in [2.45, 2.75) is 12.1 Å². The third-order valence-electron chi connectivity index (χ3n) is 3.11. The SMILES string of the molecule is O=C(O)C(NNc1ccccc1)C(Nc1ccccc1)C(=O)O. The van der Waals surface area contributed by atoms with E-state index in [0.717, 1.165) is 0 Å². The van der Waals surface area contributed by atoms with Crippen LogP contribution in [0.3, 0.4) is 0 Å². The first-order valence-corrected chi connectivity index (χ1v) is 6.91. The zero-order valence-corrected chi connectivity index (χ0v) is 12.1. The molecule has 0 saturated heterocycles. The molecule has 0 radical (unpaired) electrons. The van der Waals surface area contributed by atoms with Gasteiger partial charge in [0.05, 0.1) is 0 Å². The van der Waals surface area contributed by atoms with E-state index in [-0.39, 0.29) is 0 Å². The number of anilines is 2. The Morgan fingerprint density at radius 3 is 1.70 bits per heavy atom. The summed E-state index contributed by atoms with van der Waals surface area (Å²) in [4.78, 5) is 22.9. The second kappa shape index (κ2) is 7.81. The molecular formula is C16H17N3O4. The lowest BCUT2D eigenvalue weighted by atomic mass is 10.1. The van der Waals surface area contributed by atoms with Gasteiger partial charge in [0.15, 0.2) is 12.1 Å². The molecule has 23 heavy (non-hydrogen) atoms. The third kappa shape index (κ3) is 4.72. The van der Waals surface area contributed by atoms with Gasteiger partial charge in [-0.25, -0.2) is 10.2 Å². The molecule has 0 saturated carbocycles. The molecule has 2 atom stereocenters. The van der Waals surface area contributed by atoms with Crippen molar-refractivity contribution in [3.05, 3.63) is 60.7 Å². The Bertz CT molecular complexity index is 649. The van der Waals surface area contributed by atoms with Gasteiger partial charge >= 0.3 is 11.9 Å². The summed E-state index contributed by atoms with van der Waals surface area (Å²) in [5.41, 5.74) is 6.41. The van der Waals surface area contributed by atoms with Gasteiger partial charge < -0.3 is 21.0 Å². The van der Waals surface area contributed by atoms with Crippen LogP contribution in [0, 0.1) is 0 Å². The lowest BCUT2D eigenvalue weighted by Crippen LogP contribution is -2.55. The summed E-state index contributed by atoms with van der Waals surface area (Å²) in [6.07, 6.45) is 0. The molecule has 0 bridgehead atoms. The number of carboxylic acids is 2. The van der Waals surface area contributed by atoms with E-state index in [1.165, 1.54) is 0 Å². The maximum absolute atomic E-state index is 11.5. The minimum atomic E-state index is -1.38. The van der Waals surface area contributed by atoms with Crippen molar-refractivity contribution < 1.29 is 19.8 Å². The lowest BCUT2D eigenvalue weighted by Gasteiger charge is -2.24. The first-order valence-electron chi connectivity index (χ1n) is 6.91. The highest BCUT2D eigenvalue weighted by atomic mass is 16.4. The van der Waals surface area contributed by atoms with Crippen LogP contribution in [0.25, 0.3) is 0 Å². The van der Waals surface area contributed by atoms with Crippen molar-refractivity contribution >= 4 is 23.3 Å².